The smallest absolute Gasteiger partial charge is 0.0372 e. The highest BCUT2D eigenvalue weighted by molar-refractivity contribution is 14.1. The van der Waals surface area contributed by atoms with Gasteiger partial charge in [-0.25, -0.2) is 0 Å². The van der Waals surface area contributed by atoms with Crippen molar-refractivity contribution < 1.29 is 0 Å². The first kappa shape index (κ1) is 13.1. The van der Waals surface area contributed by atoms with Crippen molar-refractivity contribution in [2.75, 3.05) is 18.9 Å². The van der Waals surface area contributed by atoms with Crippen molar-refractivity contribution in [3.05, 3.63) is 27.3 Å². The third kappa shape index (κ3) is 3.35. The molecular formula is C14H21IN2. The SMILES string of the molecule is Cc1cc(I)ccc1NC1CCN(C)C(C)C1. The Balaban J connectivity index is 2.01. The molecule has 94 valence electrons. The van der Waals surface area contributed by atoms with Crippen LogP contribution in [0.5, 0.6) is 0 Å². The van der Waals surface area contributed by atoms with Gasteiger partial charge in [0.25, 0.3) is 0 Å². The van der Waals surface area contributed by atoms with Crippen LogP contribution in [0.3, 0.4) is 0 Å². The quantitative estimate of drug-likeness (QED) is 0.827. The standard InChI is InChI=1S/C14H21IN2/c1-10-8-12(15)4-5-14(10)16-13-6-7-17(3)11(2)9-13/h4-5,8,11,13,16H,6-7,9H2,1-3H3. The van der Waals surface area contributed by atoms with Gasteiger partial charge in [-0.1, -0.05) is 0 Å². The van der Waals surface area contributed by atoms with E-state index in [9.17, 15) is 0 Å². The van der Waals surface area contributed by atoms with Crippen molar-refractivity contribution in [2.24, 2.45) is 0 Å². The van der Waals surface area contributed by atoms with Gasteiger partial charge in [-0.05, 0) is 80.1 Å². The normalized spacial score (nSPS) is 25.9. The Morgan fingerprint density at radius 2 is 2.18 bits per heavy atom. The molecule has 1 aliphatic rings. The number of halogens is 1. The molecule has 1 aliphatic heterocycles. The molecule has 0 bridgehead atoms. The molecule has 0 aliphatic carbocycles. The topological polar surface area (TPSA) is 15.3 Å². The number of nitrogens with zero attached hydrogens (tertiary/aromatic N) is 1. The van der Waals surface area contributed by atoms with Crippen LogP contribution < -0.4 is 5.32 Å². The van der Waals surface area contributed by atoms with E-state index < -0.39 is 0 Å². The molecule has 2 nitrogen and oxygen atoms in total. The highest BCUT2D eigenvalue weighted by atomic mass is 127. The summed E-state index contributed by atoms with van der Waals surface area (Å²) in [5.41, 5.74) is 2.65. The second kappa shape index (κ2) is 5.57. The third-order valence-corrected chi connectivity index (χ3v) is 4.43. The van der Waals surface area contributed by atoms with Crippen LogP contribution in [0.15, 0.2) is 18.2 Å². The summed E-state index contributed by atoms with van der Waals surface area (Å²) in [5.74, 6) is 0. The molecule has 0 amide bonds. The number of nitrogens with one attached hydrogen (secondary N) is 1. The van der Waals surface area contributed by atoms with Crippen LogP contribution in [0, 0.1) is 10.5 Å². The van der Waals surface area contributed by atoms with E-state index in [1.54, 1.807) is 0 Å². The minimum Gasteiger partial charge on any atom is -0.382 e. The first-order valence-corrected chi connectivity index (χ1v) is 7.37. The van der Waals surface area contributed by atoms with E-state index in [-0.39, 0.29) is 0 Å². The van der Waals surface area contributed by atoms with Gasteiger partial charge in [0.1, 0.15) is 0 Å². The van der Waals surface area contributed by atoms with Crippen LogP contribution in [-0.2, 0) is 0 Å². The summed E-state index contributed by atoms with van der Waals surface area (Å²) >= 11 is 2.36. The zero-order chi connectivity index (χ0) is 12.4. The van der Waals surface area contributed by atoms with Gasteiger partial charge in [-0.15, -0.1) is 0 Å². The van der Waals surface area contributed by atoms with Crippen LogP contribution in [0.25, 0.3) is 0 Å². The highest BCUT2D eigenvalue weighted by Gasteiger charge is 2.22. The molecule has 1 heterocycles. The summed E-state index contributed by atoms with van der Waals surface area (Å²) in [6, 6.07) is 7.93. The minimum absolute atomic E-state index is 0.625. The zero-order valence-corrected chi connectivity index (χ0v) is 13.0. The van der Waals surface area contributed by atoms with E-state index in [1.165, 1.54) is 34.2 Å². The largest absolute Gasteiger partial charge is 0.382 e. The molecule has 0 spiro atoms. The fraction of sp³-hybridized carbons (Fsp3) is 0.571. The number of rotatable bonds is 2. The first-order valence-electron chi connectivity index (χ1n) is 6.29. The van der Waals surface area contributed by atoms with Crippen LogP contribution in [0.2, 0.25) is 0 Å². The summed E-state index contributed by atoms with van der Waals surface area (Å²) in [7, 11) is 2.22. The van der Waals surface area contributed by atoms with Crippen molar-refractivity contribution in [1.82, 2.24) is 4.90 Å². The van der Waals surface area contributed by atoms with E-state index in [0.29, 0.717) is 12.1 Å². The number of piperidine rings is 1. The predicted octanol–water partition coefficient (Wildman–Crippen LogP) is 3.49. The average Bonchev–Trinajstić information content (AvgIpc) is 2.27. The Kier molecular flexibility index (Phi) is 4.31. The second-order valence-corrected chi connectivity index (χ2v) is 6.40. The molecule has 2 atom stereocenters. The molecule has 0 saturated carbocycles. The number of hydrogen-bond donors (Lipinski definition) is 1. The monoisotopic (exact) mass is 344 g/mol. The lowest BCUT2D eigenvalue weighted by atomic mass is 9.98. The molecule has 1 fully saturated rings. The molecule has 1 N–H and O–H groups in total. The third-order valence-electron chi connectivity index (χ3n) is 3.76. The first-order chi connectivity index (χ1) is 8.06. The van der Waals surface area contributed by atoms with Gasteiger partial charge in [-0.3, -0.25) is 0 Å². The summed E-state index contributed by atoms with van der Waals surface area (Å²) in [5, 5.41) is 3.70. The van der Waals surface area contributed by atoms with Crippen molar-refractivity contribution in [3.8, 4) is 0 Å². The summed E-state index contributed by atoms with van der Waals surface area (Å²) in [6.45, 7) is 5.69. The molecule has 0 radical (unpaired) electrons. The van der Waals surface area contributed by atoms with Crippen LogP contribution in [0.1, 0.15) is 25.3 Å². The van der Waals surface area contributed by atoms with E-state index >= 15 is 0 Å². The van der Waals surface area contributed by atoms with Crippen molar-refractivity contribution in [3.63, 3.8) is 0 Å². The molecular weight excluding hydrogens is 323 g/mol. The van der Waals surface area contributed by atoms with Gasteiger partial charge < -0.3 is 10.2 Å². The molecule has 1 aromatic carbocycles. The number of hydrogen-bond acceptors (Lipinski definition) is 2. The van der Waals surface area contributed by atoms with Gasteiger partial charge in [0, 0.05) is 27.9 Å². The van der Waals surface area contributed by atoms with Gasteiger partial charge in [-0.2, -0.15) is 0 Å². The van der Waals surface area contributed by atoms with Crippen molar-refractivity contribution >= 4 is 28.3 Å². The summed E-state index contributed by atoms with van der Waals surface area (Å²) in [4.78, 5) is 2.44. The molecule has 17 heavy (non-hydrogen) atoms. The Morgan fingerprint density at radius 1 is 1.41 bits per heavy atom. The number of likely N-dealkylation sites (tertiary alicyclic amines) is 1. The van der Waals surface area contributed by atoms with Gasteiger partial charge >= 0.3 is 0 Å². The summed E-state index contributed by atoms with van der Waals surface area (Å²) in [6.07, 6.45) is 2.48. The highest BCUT2D eigenvalue weighted by Crippen LogP contribution is 2.23. The molecule has 1 aromatic rings. The maximum Gasteiger partial charge on any atom is 0.0372 e. The van der Waals surface area contributed by atoms with E-state index in [1.807, 2.05) is 0 Å². The fourth-order valence-electron chi connectivity index (χ4n) is 2.43. The van der Waals surface area contributed by atoms with Crippen LogP contribution in [0.4, 0.5) is 5.69 Å². The lowest BCUT2D eigenvalue weighted by Gasteiger charge is -2.36. The molecule has 3 heteroatoms. The van der Waals surface area contributed by atoms with Crippen molar-refractivity contribution in [1.29, 1.82) is 0 Å². The van der Waals surface area contributed by atoms with Crippen LogP contribution >= 0.6 is 22.6 Å². The molecule has 0 aromatic heterocycles. The molecule has 2 unspecified atom stereocenters. The minimum atomic E-state index is 0.625. The molecule has 1 saturated heterocycles. The Morgan fingerprint density at radius 3 is 2.82 bits per heavy atom. The van der Waals surface area contributed by atoms with Crippen molar-refractivity contribution in [2.45, 2.75) is 38.8 Å². The Labute approximate surface area is 118 Å². The van der Waals surface area contributed by atoms with Gasteiger partial charge in [0.05, 0.1) is 0 Å². The lowest BCUT2D eigenvalue weighted by molar-refractivity contribution is 0.190. The summed E-state index contributed by atoms with van der Waals surface area (Å²) < 4.78 is 1.31. The average molecular weight is 344 g/mol. The van der Waals surface area contributed by atoms with Gasteiger partial charge in [0.15, 0.2) is 0 Å². The number of aryl methyl sites for hydroxylation is 1. The lowest BCUT2D eigenvalue weighted by Crippen LogP contribution is -2.42. The van der Waals surface area contributed by atoms with Gasteiger partial charge in [0.2, 0.25) is 0 Å². The Hall–Kier alpha value is -0.290. The maximum absolute atomic E-state index is 3.70. The Bertz CT molecular complexity index is 392. The molecule has 2 rings (SSSR count). The van der Waals surface area contributed by atoms with E-state index in [4.69, 9.17) is 0 Å². The van der Waals surface area contributed by atoms with E-state index in [2.05, 4.69) is 71.9 Å². The van der Waals surface area contributed by atoms with E-state index in [0.717, 1.165) is 0 Å². The number of benzene rings is 1. The number of anilines is 1. The zero-order valence-electron chi connectivity index (χ0n) is 10.8. The predicted molar refractivity (Wildman–Crippen MR) is 82.6 cm³/mol. The maximum atomic E-state index is 3.70. The van der Waals surface area contributed by atoms with Crippen LogP contribution in [-0.4, -0.2) is 30.6 Å². The second-order valence-electron chi connectivity index (χ2n) is 5.15. The fourth-order valence-corrected chi connectivity index (χ4v) is 3.08.